The SMILES string of the molecule is CCN1CCCCC(CN)C1c1cccc(COC)c1. The van der Waals surface area contributed by atoms with Crippen LogP contribution in [0.25, 0.3) is 0 Å². The van der Waals surface area contributed by atoms with Crippen molar-refractivity contribution in [2.45, 2.75) is 38.8 Å². The molecule has 1 heterocycles. The molecule has 1 aromatic carbocycles. The maximum absolute atomic E-state index is 6.06. The Balaban J connectivity index is 2.30. The Kier molecular flexibility index (Phi) is 6.02. The van der Waals surface area contributed by atoms with Crippen molar-refractivity contribution in [2.75, 3.05) is 26.7 Å². The number of ether oxygens (including phenoxy) is 1. The van der Waals surface area contributed by atoms with Gasteiger partial charge in [0.05, 0.1) is 6.61 Å². The van der Waals surface area contributed by atoms with Gasteiger partial charge >= 0.3 is 0 Å². The molecule has 112 valence electrons. The van der Waals surface area contributed by atoms with E-state index in [1.54, 1.807) is 7.11 Å². The fourth-order valence-electron chi connectivity index (χ4n) is 3.43. The molecule has 0 spiro atoms. The number of benzene rings is 1. The Morgan fingerprint density at radius 3 is 2.90 bits per heavy atom. The first-order chi connectivity index (χ1) is 9.80. The van der Waals surface area contributed by atoms with Gasteiger partial charge in [0.2, 0.25) is 0 Å². The standard InChI is InChI=1S/C17H28N2O/c1-3-19-10-5-4-8-16(12-18)17(19)15-9-6-7-14(11-15)13-20-2/h6-7,9,11,16-17H,3-5,8,10,12-13,18H2,1-2H3. The molecular weight excluding hydrogens is 248 g/mol. The van der Waals surface area contributed by atoms with Crippen LogP contribution in [0.4, 0.5) is 0 Å². The van der Waals surface area contributed by atoms with E-state index in [1.807, 2.05) is 0 Å². The third-order valence-corrected chi connectivity index (χ3v) is 4.42. The van der Waals surface area contributed by atoms with Crippen LogP contribution in [0.2, 0.25) is 0 Å². The minimum atomic E-state index is 0.462. The molecule has 1 fully saturated rings. The zero-order valence-electron chi connectivity index (χ0n) is 12.8. The van der Waals surface area contributed by atoms with Gasteiger partial charge in [-0.25, -0.2) is 0 Å². The monoisotopic (exact) mass is 276 g/mol. The minimum absolute atomic E-state index is 0.462. The van der Waals surface area contributed by atoms with E-state index >= 15 is 0 Å². The number of hydrogen-bond donors (Lipinski definition) is 1. The van der Waals surface area contributed by atoms with Crippen LogP contribution in [-0.2, 0) is 11.3 Å². The van der Waals surface area contributed by atoms with Gasteiger partial charge in [-0.1, -0.05) is 37.6 Å². The normalized spacial score (nSPS) is 24.6. The van der Waals surface area contributed by atoms with E-state index < -0.39 is 0 Å². The summed E-state index contributed by atoms with van der Waals surface area (Å²) in [6.07, 6.45) is 3.83. The van der Waals surface area contributed by atoms with Gasteiger partial charge in [0.1, 0.15) is 0 Å². The van der Waals surface area contributed by atoms with Crippen molar-refractivity contribution in [3.8, 4) is 0 Å². The first-order valence-corrected chi connectivity index (χ1v) is 7.82. The lowest BCUT2D eigenvalue weighted by molar-refractivity contribution is 0.165. The zero-order valence-corrected chi connectivity index (χ0v) is 12.8. The zero-order chi connectivity index (χ0) is 14.4. The third-order valence-electron chi connectivity index (χ3n) is 4.42. The van der Waals surface area contributed by atoms with Gasteiger partial charge in [0.15, 0.2) is 0 Å². The van der Waals surface area contributed by atoms with Crippen LogP contribution < -0.4 is 5.73 Å². The molecule has 0 amide bonds. The van der Waals surface area contributed by atoms with E-state index in [9.17, 15) is 0 Å². The summed E-state index contributed by atoms with van der Waals surface area (Å²) in [7, 11) is 1.75. The Bertz CT molecular complexity index is 394. The molecule has 0 radical (unpaired) electrons. The minimum Gasteiger partial charge on any atom is -0.380 e. The second-order valence-corrected chi connectivity index (χ2v) is 5.74. The smallest absolute Gasteiger partial charge is 0.0713 e. The van der Waals surface area contributed by atoms with E-state index in [0.717, 1.165) is 13.1 Å². The highest BCUT2D eigenvalue weighted by Gasteiger charge is 2.29. The maximum atomic E-state index is 6.06. The molecule has 1 aromatic rings. The summed E-state index contributed by atoms with van der Waals surface area (Å²) in [5.74, 6) is 0.565. The molecule has 0 bridgehead atoms. The molecule has 0 aliphatic carbocycles. The molecule has 2 atom stereocenters. The fraction of sp³-hybridized carbons (Fsp3) is 0.647. The van der Waals surface area contributed by atoms with E-state index in [2.05, 4.69) is 36.1 Å². The summed E-state index contributed by atoms with van der Waals surface area (Å²) in [5.41, 5.74) is 8.72. The predicted octanol–water partition coefficient (Wildman–Crippen LogP) is 2.95. The number of nitrogens with two attached hydrogens (primary N) is 1. The molecule has 3 nitrogen and oxygen atoms in total. The maximum Gasteiger partial charge on any atom is 0.0713 e. The molecule has 1 aliphatic heterocycles. The highest BCUT2D eigenvalue weighted by Crippen LogP contribution is 2.34. The summed E-state index contributed by atoms with van der Waals surface area (Å²) in [6, 6.07) is 9.29. The summed E-state index contributed by atoms with van der Waals surface area (Å²) < 4.78 is 5.26. The number of rotatable bonds is 5. The first-order valence-electron chi connectivity index (χ1n) is 7.82. The van der Waals surface area contributed by atoms with E-state index in [1.165, 1.54) is 36.9 Å². The van der Waals surface area contributed by atoms with Crippen molar-refractivity contribution in [1.82, 2.24) is 4.90 Å². The van der Waals surface area contributed by atoms with Gasteiger partial charge in [-0.3, -0.25) is 4.90 Å². The molecule has 0 saturated carbocycles. The van der Waals surface area contributed by atoms with Gasteiger partial charge in [-0.15, -0.1) is 0 Å². The lowest BCUT2D eigenvalue weighted by atomic mass is 9.88. The lowest BCUT2D eigenvalue weighted by Gasteiger charge is -2.34. The molecule has 20 heavy (non-hydrogen) atoms. The van der Waals surface area contributed by atoms with Gasteiger partial charge in [-0.2, -0.15) is 0 Å². The van der Waals surface area contributed by atoms with Crippen molar-refractivity contribution in [3.05, 3.63) is 35.4 Å². The molecular formula is C17H28N2O. The van der Waals surface area contributed by atoms with Crippen LogP contribution in [0.3, 0.4) is 0 Å². The van der Waals surface area contributed by atoms with Gasteiger partial charge in [0.25, 0.3) is 0 Å². The highest BCUT2D eigenvalue weighted by molar-refractivity contribution is 5.26. The number of nitrogens with zero attached hydrogens (tertiary/aromatic N) is 1. The fourth-order valence-corrected chi connectivity index (χ4v) is 3.43. The second kappa shape index (κ2) is 7.77. The largest absolute Gasteiger partial charge is 0.380 e. The summed E-state index contributed by atoms with van der Waals surface area (Å²) in [5, 5.41) is 0. The molecule has 2 unspecified atom stereocenters. The van der Waals surface area contributed by atoms with Crippen LogP contribution in [0, 0.1) is 5.92 Å². The highest BCUT2D eigenvalue weighted by atomic mass is 16.5. The first kappa shape index (κ1) is 15.5. The van der Waals surface area contributed by atoms with E-state index in [4.69, 9.17) is 10.5 Å². The molecule has 1 saturated heterocycles. The lowest BCUT2D eigenvalue weighted by Crippen LogP contribution is -2.35. The topological polar surface area (TPSA) is 38.5 Å². The van der Waals surface area contributed by atoms with E-state index in [0.29, 0.717) is 18.6 Å². The molecule has 2 N–H and O–H groups in total. The Hall–Kier alpha value is -0.900. The molecule has 0 aromatic heterocycles. The number of hydrogen-bond acceptors (Lipinski definition) is 3. The molecule has 1 aliphatic rings. The van der Waals surface area contributed by atoms with Crippen LogP contribution in [0.1, 0.15) is 43.4 Å². The van der Waals surface area contributed by atoms with Crippen LogP contribution >= 0.6 is 0 Å². The summed E-state index contributed by atoms with van der Waals surface area (Å²) >= 11 is 0. The number of methoxy groups -OCH3 is 1. The van der Waals surface area contributed by atoms with Crippen molar-refractivity contribution < 1.29 is 4.74 Å². The summed E-state index contributed by atoms with van der Waals surface area (Å²) in [6.45, 7) is 5.99. The van der Waals surface area contributed by atoms with Crippen molar-refractivity contribution in [2.24, 2.45) is 11.7 Å². The van der Waals surface area contributed by atoms with Crippen LogP contribution in [0.5, 0.6) is 0 Å². The third kappa shape index (κ3) is 3.60. The summed E-state index contributed by atoms with van der Waals surface area (Å²) in [4.78, 5) is 2.59. The quantitative estimate of drug-likeness (QED) is 0.898. The Morgan fingerprint density at radius 1 is 1.35 bits per heavy atom. The van der Waals surface area contributed by atoms with Gasteiger partial charge in [0, 0.05) is 13.2 Å². The van der Waals surface area contributed by atoms with Crippen LogP contribution in [-0.4, -0.2) is 31.6 Å². The van der Waals surface area contributed by atoms with Crippen molar-refractivity contribution in [1.29, 1.82) is 0 Å². The predicted molar refractivity (Wildman–Crippen MR) is 83.5 cm³/mol. The molecule has 2 rings (SSSR count). The average molecular weight is 276 g/mol. The second-order valence-electron chi connectivity index (χ2n) is 5.74. The molecule has 3 heteroatoms. The van der Waals surface area contributed by atoms with Crippen molar-refractivity contribution >= 4 is 0 Å². The Morgan fingerprint density at radius 2 is 2.20 bits per heavy atom. The van der Waals surface area contributed by atoms with Crippen LogP contribution in [0.15, 0.2) is 24.3 Å². The Labute approximate surface area is 123 Å². The number of likely N-dealkylation sites (tertiary alicyclic amines) is 1. The van der Waals surface area contributed by atoms with E-state index in [-0.39, 0.29) is 0 Å². The van der Waals surface area contributed by atoms with Gasteiger partial charge < -0.3 is 10.5 Å². The van der Waals surface area contributed by atoms with Gasteiger partial charge in [-0.05, 0) is 49.5 Å². The average Bonchev–Trinajstić information content (AvgIpc) is 2.69. The van der Waals surface area contributed by atoms with Crippen molar-refractivity contribution in [3.63, 3.8) is 0 Å².